The summed E-state index contributed by atoms with van der Waals surface area (Å²) in [7, 11) is 0. The highest BCUT2D eigenvalue weighted by atomic mass is 16.4. The highest BCUT2D eigenvalue weighted by Crippen LogP contribution is 2.35. The van der Waals surface area contributed by atoms with Gasteiger partial charge in [0.25, 0.3) is 0 Å². The zero-order valence-corrected chi connectivity index (χ0v) is 11.6. The van der Waals surface area contributed by atoms with Crippen LogP contribution in [0, 0.1) is 5.41 Å². The number of H-pyrrole nitrogens is 1. The van der Waals surface area contributed by atoms with E-state index >= 15 is 0 Å². The first-order valence-electron chi connectivity index (χ1n) is 6.65. The topological polar surface area (TPSA) is 114 Å². The maximum Gasteiger partial charge on any atom is 0.165 e. The Morgan fingerprint density at radius 3 is 2.55 bits per heavy atom. The van der Waals surface area contributed by atoms with Crippen LogP contribution in [0.3, 0.4) is 0 Å². The summed E-state index contributed by atoms with van der Waals surface area (Å²) in [6.45, 7) is 3.34. The van der Waals surface area contributed by atoms with Crippen LogP contribution >= 0.6 is 0 Å². The number of aromatic nitrogens is 1. The van der Waals surface area contributed by atoms with E-state index < -0.39 is 24.9 Å². The van der Waals surface area contributed by atoms with Crippen molar-refractivity contribution in [2.75, 3.05) is 6.61 Å². The number of ketones is 1. The van der Waals surface area contributed by atoms with Gasteiger partial charge in [0, 0.05) is 23.4 Å². The second kappa shape index (κ2) is 5.29. The van der Waals surface area contributed by atoms with Crippen LogP contribution in [0.1, 0.15) is 48.1 Å². The van der Waals surface area contributed by atoms with E-state index in [0.29, 0.717) is 18.4 Å². The van der Waals surface area contributed by atoms with Crippen LogP contribution < -0.4 is 0 Å². The van der Waals surface area contributed by atoms with Crippen molar-refractivity contribution in [2.24, 2.45) is 5.41 Å². The van der Waals surface area contributed by atoms with Gasteiger partial charge in [-0.3, -0.25) is 4.79 Å². The number of rotatable bonds is 4. The third kappa shape index (κ3) is 2.78. The molecule has 3 atom stereocenters. The van der Waals surface area contributed by atoms with Crippen molar-refractivity contribution < 1.29 is 25.2 Å². The van der Waals surface area contributed by atoms with Gasteiger partial charge in [-0.05, 0) is 17.9 Å². The molecule has 2 rings (SSSR count). The summed E-state index contributed by atoms with van der Waals surface area (Å²) in [5, 5.41) is 37.8. The fraction of sp³-hybridized carbons (Fsp3) is 0.643. The van der Waals surface area contributed by atoms with Gasteiger partial charge in [-0.15, -0.1) is 0 Å². The van der Waals surface area contributed by atoms with Crippen LogP contribution in [0.5, 0.6) is 0 Å². The minimum atomic E-state index is -1.51. The molecule has 0 bridgehead atoms. The molecule has 1 heterocycles. The van der Waals surface area contributed by atoms with E-state index in [1.807, 2.05) is 13.8 Å². The van der Waals surface area contributed by atoms with Gasteiger partial charge in [-0.2, -0.15) is 0 Å². The average molecular weight is 283 g/mol. The number of Topliss-reactive ketones (excluding diaryl/α,β-unsaturated/α-hetero) is 1. The molecule has 0 radical (unpaired) electrons. The maximum absolute atomic E-state index is 12.0. The molecule has 1 aromatic rings. The number of fused-ring (bicyclic) bond motifs is 1. The molecule has 0 saturated carbocycles. The second-order valence-corrected chi connectivity index (χ2v) is 6.24. The van der Waals surface area contributed by atoms with Crippen molar-refractivity contribution >= 4 is 5.78 Å². The van der Waals surface area contributed by atoms with Gasteiger partial charge < -0.3 is 25.4 Å². The minimum absolute atomic E-state index is 0.00291. The normalized spacial score (nSPS) is 22.2. The van der Waals surface area contributed by atoms with Crippen molar-refractivity contribution in [2.45, 2.75) is 45.0 Å². The summed E-state index contributed by atoms with van der Waals surface area (Å²) in [5.41, 5.74) is 1.41. The van der Waals surface area contributed by atoms with Gasteiger partial charge in [-0.25, -0.2) is 0 Å². The molecule has 0 spiro atoms. The Labute approximate surface area is 117 Å². The molecule has 0 saturated heterocycles. The van der Waals surface area contributed by atoms with Crippen molar-refractivity contribution in [3.63, 3.8) is 0 Å². The van der Waals surface area contributed by atoms with Gasteiger partial charge in [-0.1, -0.05) is 13.8 Å². The van der Waals surface area contributed by atoms with Crippen molar-refractivity contribution in [3.8, 4) is 0 Å². The lowest BCUT2D eigenvalue weighted by Gasteiger charge is -2.27. The van der Waals surface area contributed by atoms with E-state index in [4.69, 9.17) is 5.11 Å². The summed E-state index contributed by atoms with van der Waals surface area (Å²) in [5.74, 6) is 0.00291. The maximum atomic E-state index is 12.0. The van der Waals surface area contributed by atoms with E-state index in [9.17, 15) is 20.1 Å². The molecule has 1 aliphatic rings. The summed E-state index contributed by atoms with van der Waals surface area (Å²) in [4.78, 5) is 15.0. The second-order valence-electron chi connectivity index (χ2n) is 6.24. The van der Waals surface area contributed by atoms with Crippen LogP contribution in [0.15, 0.2) is 6.07 Å². The van der Waals surface area contributed by atoms with E-state index in [1.165, 1.54) is 6.07 Å². The van der Waals surface area contributed by atoms with Crippen molar-refractivity contribution in [1.82, 2.24) is 4.98 Å². The Hall–Kier alpha value is -1.21. The number of hydrogen-bond acceptors (Lipinski definition) is 5. The molecule has 1 aliphatic carbocycles. The number of aliphatic hydroxyl groups is 4. The number of aliphatic hydroxyl groups excluding tert-OH is 4. The number of nitrogens with one attached hydrogen (secondary N) is 1. The largest absolute Gasteiger partial charge is 0.394 e. The molecule has 0 amide bonds. The molecule has 0 unspecified atom stereocenters. The number of aromatic amines is 1. The molecule has 6 heteroatoms. The molecule has 5 N–H and O–H groups in total. The third-order valence-electron chi connectivity index (χ3n) is 3.74. The lowest BCUT2D eigenvalue weighted by atomic mass is 9.76. The first-order chi connectivity index (χ1) is 9.25. The highest BCUT2D eigenvalue weighted by Gasteiger charge is 2.34. The van der Waals surface area contributed by atoms with Crippen LogP contribution in [-0.4, -0.2) is 50.0 Å². The van der Waals surface area contributed by atoms with E-state index in [0.717, 1.165) is 5.69 Å². The molecular formula is C14H21NO5. The fourth-order valence-electron chi connectivity index (χ4n) is 2.64. The Kier molecular flexibility index (Phi) is 4.02. The molecule has 20 heavy (non-hydrogen) atoms. The summed E-state index contributed by atoms with van der Waals surface area (Å²) >= 11 is 0. The van der Waals surface area contributed by atoms with Crippen molar-refractivity contribution in [1.29, 1.82) is 0 Å². The Morgan fingerprint density at radius 2 is 1.95 bits per heavy atom. The Balaban J connectivity index is 2.27. The number of hydrogen-bond donors (Lipinski definition) is 5. The number of carbonyl (C=O) groups excluding carboxylic acids is 1. The summed E-state index contributed by atoms with van der Waals surface area (Å²) in [6.07, 6.45) is -3.20. The SMILES string of the molecule is CC1(C)CC(=O)c2cc([C@@H](O)[C@H](O)[C@H](O)CO)[nH]c2C1. The lowest BCUT2D eigenvalue weighted by Crippen LogP contribution is -2.34. The van der Waals surface area contributed by atoms with Gasteiger partial charge in [0.2, 0.25) is 0 Å². The molecule has 112 valence electrons. The summed E-state index contributed by atoms with van der Waals surface area (Å²) < 4.78 is 0. The van der Waals surface area contributed by atoms with Gasteiger partial charge in [0.1, 0.15) is 18.3 Å². The molecule has 0 fully saturated rings. The van der Waals surface area contributed by atoms with Crippen LogP contribution in [0.25, 0.3) is 0 Å². The first kappa shape index (κ1) is 15.2. The predicted molar refractivity (Wildman–Crippen MR) is 71.3 cm³/mol. The highest BCUT2D eigenvalue weighted by molar-refractivity contribution is 5.99. The van der Waals surface area contributed by atoms with Gasteiger partial charge >= 0.3 is 0 Å². The van der Waals surface area contributed by atoms with E-state index in [2.05, 4.69) is 4.98 Å². The monoisotopic (exact) mass is 283 g/mol. The quantitative estimate of drug-likeness (QED) is 0.530. The lowest BCUT2D eigenvalue weighted by molar-refractivity contribution is -0.0788. The third-order valence-corrected chi connectivity index (χ3v) is 3.74. The predicted octanol–water partition coefficient (Wildman–Crippen LogP) is -0.0827. The van der Waals surface area contributed by atoms with Gasteiger partial charge in [0.15, 0.2) is 5.78 Å². The van der Waals surface area contributed by atoms with Gasteiger partial charge in [0.05, 0.1) is 6.61 Å². The molecule has 1 aromatic heterocycles. The zero-order chi connectivity index (χ0) is 15.1. The Bertz CT molecular complexity index is 508. The molecular weight excluding hydrogens is 262 g/mol. The van der Waals surface area contributed by atoms with Crippen LogP contribution in [-0.2, 0) is 6.42 Å². The standard InChI is InChI=1S/C14H21NO5/c1-14(2)4-9-7(10(17)5-14)3-8(15-9)12(19)13(20)11(18)6-16/h3,11-13,15-16,18-20H,4-6H2,1-2H3/t11-,12-,13-/m1/s1. The molecule has 0 aromatic carbocycles. The minimum Gasteiger partial charge on any atom is -0.394 e. The average Bonchev–Trinajstić information content (AvgIpc) is 2.78. The Morgan fingerprint density at radius 1 is 1.30 bits per heavy atom. The van der Waals surface area contributed by atoms with Crippen molar-refractivity contribution in [3.05, 3.63) is 23.0 Å². The van der Waals surface area contributed by atoms with E-state index in [-0.39, 0.29) is 16.9 Å². The van der Waals surface area contributed by atoms with Crippen LogP contribution in [0.2, 0.25) is 0 Å². The summed E-state index contributed by atoms with van der Waals surface area (Å²) in [6, 6.07) is 1.52. The first-order valence-corrected chi connectivity index (χ1v) is 6.65. The zero-order valence-electron chi connectivity index (χ0n) is 11.6. The van der Waals surface area contributed by atoms with Crippen LogP contribution in [0.4, 0.5) is 0 Å². The molecule has 0 aliphatic heterocycles. The van der Waals surface area contributed by atoms with E-state index in [1.54, 1.807) is 0 Å². The number of carbonyl (C=O) groups is 1. The molecule has 6 nitrogen and oxygen atoms in total. The smallest absolute Gasteiger partial charge is 0.165 e. The fourth-order valence-corrected chi connectivity index (χ4v) is 2.64.